The number of rotatable bonds is 4. The number of phenolic OH excluding ortho intramolecular Hbond substituents is 2. The Morgan fingerprint density at radius 1 is 0.629 bits per heavy atom. The molecule has 0 aliphatic carbocycles. The largest absolute Gasteiger partial charge is 0.505 e. The van der Waals surface area contributed by atoms with Crippen LogP contribution < -0.4 is 0 Å². The smallest absolute Gasteiger partial charge is 0.144 e. The molecule has 0 amide bonds. The van der Waals surface area contributed by atoms with Gasteiger partial charge in [0.15, 0.2) is 0 Å². The first kappa shape index (κ1) is 20.9. The van der Waals surface area contributed by atoms with Crippen LogP contribution >= 0.6 is 0 Å². The summed E-state index contributed by atoms with van der Waals surface area (Å²) in [4.78, 5) is 0. The summed E-state index contributed by atoms with van der Waals surface area (Å²) in [5.74, 6) is 0.194. The predicted octanol–water partition coefficient (Wildman–Crippen LogP) is 4.77. The fraction of sp³-hybridized carbons (Fsp3) is 0.111. The van der Waals surface area contributed by atoms with Crippen LogP contribution in [0, 0.1) is 13.8 Å². The average molecular weight is 463 g/mol. The standard InChI is InChI=1S/C27H22N6O2/c1-16-11-18(26(34)24(13-16)32-22-9-5-3-7-20(22)28-30-32)15-19-12-17(2)14-25(27(19)35)33-23-10-6-4-8-21(23)29-31-33/h3-14,34-35H,15H2,1-2H3. The minimum atomic E-state index is 0.0971. The lowest BCUT2D eigenvalue weighted by Gasteiger charge is -2.15. The van der Waals surface area contributed by atoms with Crippen molar-refractivity contribution in [1.29, 1.82) is 0 Å². The highest BCUT2D eigenvalue weighted by Crippen LogP contribution is 2.35. The van der Waals surface area contributed by atoms with Crippen molar-refractivity contribution >= 4 is 22.1 Å². The van der Waals surface area contributed by atoms with E-state index in [1.165, 1.54) is 0 Å². The minimum absolute atomic E-state index is 0.0971. The van der Waals surface area contributed by atoms with Crippen LogP contribution in [0.1, 0.15) is 22.3 Å². The molecule has 0 unspecified atom stereocenters. The van der Waals surface area contributed by atoms with Crippen LogP contribution in [0.3, 0.4) is 0 Å². The molecule has 0 aliphatic rings. The van der Waals surface area contributed by atoms with Gasteiger partial charge in [-0.05, 0) is 61.4 Å². The summed E-state index contributed by atoms with van der Waals surface area (Å²) in [7, 11) is 0. The third-order valence-electron chi connectivity index (χ3n) is 6.17. The SMILES string of the molecule is Cc1cc(Cc2cc(C)cc(-n3nnc4ccccc43)c2O)c(O)c(-n2nnc3ccccc32)c1. The number of aromatic hydroxyl groups is 2. The summed E-state index contributed by atoms with van der Waals surface area (Å²) >= 11 is 0. The first-order valence-electron chi connectivity index (χ1n) is 11.3. The summed E-state index contributed by atoms with van der Waals surface area (Å²) in [6.45, 7) is 3.93. The molecule has 0 radical (unpaired) electrons. The van der Waals surface area contributed by atoms with Gasteiger partial charge in [-0.2, -0.15) is 0 Å². The number of nitrogens with zero attached hydrogens (tertiary/aromatic N) is 6. The zero-order chi connectivity index (χ0) is 24.1. The molecule has 172 valence electrons. The number of phenols is 2. The molecule has 4 aromatic carbocycles. The van der Waals surface area contributed by atoms with Crippen LogP contribution in [-0.4, -0.2) is 40.2 Å². The highest BCUT2D eigenvalue weighted by molar-refractivity contribution is 5.78. The van der Waals surface area contributed by atoms with Crippen LogP contribution in [-0.2, 0) is 6.42 Å². The van der Waals surface area contributed by atoms with Gasteiger partial charge in [-0.3, -0.25) is 0 Å². The normalized spacial score (nSPS) is 11.5. The maximum atomic E-state index is 11.3. The molecule has 35 heavy (non-hydrogen) atoms. The van der Waals surface area contributed by atoms with E-state index in [4.69, 9.17) is 0 Å². The Kier molecular flexibility index (Phi) is 4.74. The quantitative estimate of drug-likeness (QED) is 0.391. The molecule has 0 spiro atoms. The van der Waals surface area contributed by atoms with Gasteiger partial charge in [0.2, 0.25) is 0 Å². The van der Waals surface area contributed by atoms with E-state index in [9.17, 15) is 10.2 Å². The van der Waals surface area contributed by atoms with Crippen molar-refractivity contribution in [3.63, 3.8) is 0 Å². The zero-order valence-corrected chi connectivity index (χ0v) is 19.2. The number of hydrogen-bond donors (Lipinski definition) is 2. The Morgan fingerprint density at radius 3 is 1.51 bits per heavy atom. The molecule has 2 N–H and O–H groups in total. The van der Waals surface area contributed by atoms with Gasteiger partial charge < -0.3 is 10.2 Å². The van der Waals surface area contributed by atoms with Gasteiger partial charge in [-0.25, -0.2) is 9.36 Å². The van der Waals surface area contributed by atoms with Gasteiger partial charge in [-0.1, -0.05) is 46.8 Å². The molecule has 0 saturated carbocycles. The molecule has 0 bridgehead atoms. The molecule has 2 aromatic heterocycles. The van der Waals surface area contributed by atoms with Gasteiger partial charge in [-0.15, -0.1) is 10.2 Å². The number of aryl methyl sites for hydroxylation is 2. The van der Waals surface area contributed by atoms with Crippen molar-refractivity contribution in [2.75, 3.05) is 0 Å². The van der Waals surface area contributed by atoms with Gasteiger partial charge in [0, 0.05) is 17.5 Å². The summed E-state index contributed by atoms with van der Waals surface area (Å²) in [6.07, 6.45) is 0.320. The van der Waals surface area contributed by atoms with E-state index in [0.717, 1.165) is 33.2 Å². The molecular formula is C27H22N6O2. The van der Waals surface area contributed by atoms with E-state index >= 15 is 0 Å². The molecule has 0 saturated heterocycles. The van der Waals surface area contributed by atoms with Crippen molar-refractivity contribution < 1.29 is 10.2 Å². The van der Waals surface area contributed by atoms with Gasteiger partial charge in [0.1, 0.15) is 33.9 Å². The number of aromatic nitrogens is 6. The molecule has 0 fully saturated rings. The third kappa shape index (κ3) is 3.47. The topological polar surface area (TPSA) is 102 Å². The van der Waals surface area contributed by atoms with Crippen molar-refractivity contribution in [3.8, 4) is 22.9 Å². The second-order valence-corrected chi connectivity index (χ2v) is 8.74. The van der Waals surface area contributed by atoms with Crippen LogP contribution in [0.4, 0.5) is 0 Å². The number of benzene rings is 4. The Morgan fingerprint density at radius 2 is 1.06 bits per heavy atom. The maximum Gasteiger partial charge on any atom is 0.144 e. The summed E-state index contributed by atoms with van der Waals surface area (Å²) in [5, 5.41) is 39.5. The van der Waals surface area contributed by atoms with Crippen LogP contribution in [0.15, 0.2) is 72.8 Å². The van der Waals surface area contributed by atoms with Crippen molar-refractivity contribution in [3.05, 3.63) is 95.1 Å². The molecule has 8 nitrogen and oxygen atoms in total. The van der Waals surface area contributed by atoms with E-state index in [2.05, 4.69) is 20.6 Å². The van der Waals surface area contributed by atoms with E-state index in [0.29, 0.717) is 28.9 Å². The third-order valence-corrected chi connectivity index (χ3v) is 6.17. The lowest BCUT2D eigenvalue weighted by Crippen LogP contribution is -2.03. The lowest BCUT2D eigenvalue weighted by atomic mass is 9.98. The van der Waals surface area contributed by atoms with Crippen LogP contribution in [0.25, 0.3) is 33.4 Å². The van der Waals surface area contributed by atoms with E-state index in [1.54, 1.807) is 9.36 Å². The maximum absolute atomic E-state index is 11.3. The average Bonchev–Trinajstić information content (AvgIpc) is 3.48. The van der Waals surface area contributed by atoms with E-state index in [-0.39, 0.29) is 11.5 Å². The highest BCUT2D eigenvalue weighted by Gasteiger charge is 2.19. The number of fused-ring (bicyclic) bond motifs is 2. The van der Waals surface area contributed by atoms with Crippen LogP contribution in [0.5, 0.6) is 11.5 Å². The second-order valence-electron chi connectivity index (χ2n) is 8.74. The molecule has 2 heterocycles. The van der Waals surface area contributed by atoms with Gasteiger partial charge >= 0.3 is 0 Å². The number of para-hydroxylation sites is 2. The molecule has 6 aromatic rings. The van der Waals surface area contributed by atoms with Gasteiger partial charge in [0.05, 0.1) is 11.0 Å². The van der Waals surface area contributed by atoms with Crippen LogP contribution in [0.2, 0.25) is 0 Å². The summed E-state index contributed by atoms with van der Waals surface area (Å²) < 4.78 is 3.29. The first-order valence-corrected chi connectivity index (χ1v) is 11.3. The van der Waals surface area contributed by atoms with Crippen molar-refractivity contribution in [2.45, 2.75) is 20.3 Å². The fourth-order valence-electron chi connectivity index (χ4n) is 4.56. The van der Waals surface area contributed by atoms with Crippen molar-refractivity contribution in [1.82, 2.24) is 30.0 Å². The Hall–Kier alpha value is -4.72. The monoisotopic (exact) mass is 462 g/mol. The molecular weight excluding hydrogens is 440 g/mol. The molecule has 0 atom stereocenters. The first-order chi connectivity index (χ1) is 17.0. The molecule has 6 rings (SSSR count). The summed E-state index contributed by atoms with van der Waals surface area (Å²) in [5.41, 5.74) is 7.46. The Balaban J connectivity index is 1.46. The Bertz CT molecular complexity index is 1610. The van der Waals surface area contributed by atoms with E-state index in [1.807, 2.05) is 86.6 Å². The molecule has 0 aliphatic heterocycles. The fourth-order valence-corrected chi connectivity index (χ4v) is 4.56. The summed E-state index contributed by atoms with van der Waals surface area (Å²) in [6, 6.07) is 22.8. The van der Waals surface area contributed by atoms with Gasteiger partial charge in [0.25, 0.3) is 0 Å². The minimum Gasteiger partial charge on any atom is -0.505 e. The van der Waals surface area contributed by atoms with Crippen molar-refractivity contribution in [2.24, 2.45) is 0 Å². The molecule has 8 heteroatoms. The Labute approximate surface area is 200 Å². The zero-order valence-electron chi connectivity index (χ0n) is 19.2. The highest BCUT2D eigenvalue weighted by atomic mass is 16.3. The predicted molar refractivity (Wildman–Crippen MR) is 133 cm³/mol. The number of hydrogen-bond acceptors (Lipinski definition) is 6. The lowest BCUT2D eigenvalue weighted by molar-refractivity contribution is 0.458. The second kappa shape index (κ2) is 7.95. The van der Waals surface area contributed by atoms with E-state index < -0.39 is 0 Å².